The molecule has 0 aromatic rings. The first-order valence-corrected chi connectivity index (χ1v) is 35.1. The van der Waals surface area contributed by atoms with Gasteiger partial charge in [-0.3, -0.25) is 62.6 Å². The van der Waals surface area contributed by atoms with Gasteiger partial charge in [0.05, 0.1) is 49.6 Å². The van der Waals surface area contributed by atoms with E-state index in [1.165, 1.54) is 79.0 Å². The van der Waals surface area contributed by atoms with Crippen LogP contribution in [0.15, 0.2) is 0 Å². The van der Waals surface area contributed by atoms with E-state index < -0.39 is 16.2 Å². The van der Waals surface area contributed by atoms with Crippen molar-refractivity contribution < 1.29 is 89.3 Å². The van der Waals surface area contributed by atoms with Crippen molar-refractivity contribution in [2.24, 2.45) is 5.92 Å². The molecule has 0 bridgehead atoms. The van der Waals surface area contributed by atoms with Crippen LogP contribution in [-0.4, -0.2) is 304 Å². The summed E-state index contributed by atoms with van der Waals surface area (Å²) in [6.07, 6.45) is 13.2. The summed E-state index contributed by atoms with van der Waals surface area (Å²) in [5.74, 6) is 1.92. The molecular weight excluding hydrogens is 1270 g/mol. The molecule has 10 amide bonds. The van der Waals surface area contributed by atoms with Crippen LogP contribution in [0.2, 0.25) is 0 Å². The molecule has 0 aromatic heterocycles. The number of rotatable bonds is 1. The second-order valence-electron chi connectivity index (χ2n) is 24.7. The Balaban J connectivity index is 0.000000514. The number of sulfonamides is 1. The number of alkyl halides is 1. The number of carbonyl (C=O) groups is 12. The number of esters is 2. The van der Waals surface area contributed by atoms with Gasteiger partial charge in [-0.25, -0.2) is 26.7 Å². The van der Waals surface area contributed by atoms with Gasteiger partial charge >= 0.3 is 24.1 Å². The summed E-state index contributed by atoms with van der Waals surface area (Å²) in [6.45, 7) is 22.7. The first kappa shape index (κ1) is 86.0. The minimum absolute atomic E-state index is 0.0207. The largest absolute Gasteiger partial charge is 0.465 e. The van der Waals surface area contributed by atoms with Gasteiger partial charge in [0.1, 0.15) is 25.1 Å². The molecule has 12 saturated heterocycles. The normalized spacial score (nSPS) is 26.3. The van der Waals surface area contributed by atoms with Gasteiger partial charge in [-0.05, 0) is 112 Å². The van der Waals surface area contributed by atoms with E-state index in [-0.39, 0.29) is 96.0 Å². The number of likely N-dealkylation sites (tertiary alicyclic amines) is 5. The molecule has 28 nitrogen and oxygen atoms in total. The highest BCUT2D eigenvalue weighted by Crippen LogP contribution is 2.20. The van der Waals surface area contributed by atoms with E-state index in [0.29, 0.717) is 75.0 Å². The zero-order valence-corrected chi connectivity index (χ0v) is 60.5. The Morgan fingerprint density at radius 3 is 1.33 bits per heavy atom. The number of amides is 10. The highest BCUT2D eigenvalue weighted by atomic mass is 32.2. The number of urea groups is 1. The number of ketones is 1. The van der Waals surface area contributed by atoms with Gasteiger partial charge in [0, 0.05) is 146 Å². The lowest BCUT2D eigenvalue weighted by Gasteiger charge is -2.18. The summed E-state index contributed by atoms with van der Waals surface area (Å²) in [5, 5.41) is 0.208. The molecule has 31 heteroatoms. The van der Waals surface area contributed by atoms with Crippen LogP contribution in [0.3, 0.4) is 0 Å². The first-order chi connectivity index (χ1) is 43.9. The average molecular weight is 1380 g/mol. The van der Waals surface area contributed by atoms with Crippen LogP contribution in [0.1, 0.15) is 152 Å². The summed E-state index contributed by atoms with van der Waals surface area (Å²) >= 11 is 1.39. The van der Waals surface area contributed by atoms with Gasteiger partial charge in [-0.2, -0.15) is 0 Å². The van der Waals surface area contributed by atoms with E-state index >= 15 is 0 Å². The van der Waals surface area contributed by atoms with Crippen molar-refractivity contribution in [2.75, 3.05) is 140 Å². The average Bonchev–Trinajstić information content (AvgIpc) is 1.85. The lowest BCUT2D eigenvalue weighted by Crippen LogP contribution is -2.31. The van der Waals surface area contributed by atoms with Crippen LogP contribution in [0.4, 0.5) is 18.8 Å². The van der Waals surface area contributed by atoms with Crippen molar-refractivity contribution in [3.05, 3.63) is 0 Å². The molecule has 0 spiro atoms. The molecule has 94 heavy (non-hydrogen) atoms. The molecule has 12 rings (SSSR count). The Bertz CT molecular complexity index is 2440. The zero-order chi connectivity index (χ0) is 71.6. The Hall–Kier alpha value is -6.05. The Morgan fingerprint density at radius 2 is 1.17 bits per heavy atom. The number of imide groups is 2. The van der Waals surface area contributed by atoms with Gasteiger partial charge < -0.3 is 48.3 Å². The van der Waals surface area contributed by atoms with E-state index in [2.05, 4.69) is 28.2 Å². The van der Waals surface area contributed by atoms with Gasteiger partial charge in [0.15, 0.2) is 0 Å². The topological polar surface area (TPSA) is 308 Å². The highest BCUT2D eigenvalue weighted by molar-refractivity contribution is 8.13. The van der Waals surface area contributed by atoms with Crippen LogP contribution in [0.25, 0.3) is 0 Å². The van der Waals surface area contributed by atoms with Gasteiger partial charge in [0.2, 0.25) is 45.5 Å². The minimum Gasteiger partial charge on any atom is -0.465 e. The third kappa shape index (κ3) is 33.6. The fourth-order valence-electron chi connectivity index (χ4n) is 10.1. The first-order valence-electron chi connectivity index (χ1n) is 32.5. The number of likely N-dealkylation sites (N-methyl/N-ethyl adjacent to an activating group) is 4. The Morgan fingerprint density at radius 1 is 0.543 bits per heavy atom. The summed E-state index contributed by atoms with van der Waals surface area (Å²) in [5.41, 5.74) is 0. The van der Waals surface area contributed by atoms with Crippen LogP contribution >= 0.6 is 11.8 Å². The number of hydrogen-bond acceptors (Lipinski definition) is 20. The molecule has 0 radical (unpaired) electrons. The molecule has 0 saturated carbocycles. The van der Waals surface area contributed by atoms with Gasteiger partial charge in [-0.15, -0.1) is 0 Å². The fourth-order valence-corrected chi connectivity index (χ4v) is 12.2. The lowest BCUT2D eigenvalue weighted by molar-refractivity contribution is -0.141. The maximum Gasteiger partial charge on any atom is 0.409 e. The smallest absolute Gasteiger partial charge is 0.409 e. The standard InChI is InChI=1S/C7H12FNO.2C7H13NO.C5H8N2O2.C5H7NO2.C5H9NO.2C5H8O2.C5H10O.C4H9NO2S.C4H7NO2.C4H7NOS/c1-5-3-7(8)4-9(5)6(2)10;1-6(9)7-4-3-5-8(7)2;1-6-4-3-5-8(6)7(2)9;1-6-3-4(8)7(2)5(6)9;1-6-4(7)2-3-5(6)8;1-6-4-2-3-5(6)7;1-4-2-3-7-5(4)6;1-4-2-3-5(6)7-4;1-5-3-2-4-6-5;1-5-3-2-4-8(5,6)7;2*1-5-2-3-7-4(5)6/h5,7H,3-4H2,1-2H3;7H,3-5H2,1-2H3;6H,3-5H2,1-2H3;3H2,1-2H3;2-3H2,1H3;2-4H2,1H3;2*4H,2-3H2,1H3;5H,2-4H2,1H3;2-4H2,1H3;2*2-3H2,1H3. The molecule has 0 aliphatic carbocycles. The minimum atomic E-state index is -2.79. The highest BCUT2D eigenvalue weighted by Gasteiger charge is 2.32. The monoisotopic (exact) mass is 1380 g/mol. The Kier molecular flexibility index (Phi) is 40.8. The number of nitrogens with zero attached hydrogens (tertiary/aromatic N) is 10. The number of cyclic esters (lactones) is 3. The van der Waals surface area contributed by atoms with Crippen molar-refractivity contribution in [1.82, 2.24) is 48.4 Å². The molecule has 0 aromatic carbocycles. The lowest BCUT2D eigenvalue weighted by atomic mass is 10.1. The van der Waals surface area contributed by atoms with Gasteiger partial charge in [0.25, 0.3) is 5.24 Å². The molecule has 12 aliphatic heterocycles. The van der Waals surface area contributed by atoms with E-state index in [1.807, 2.05) is 46.8 Å². The summed E-state index contributed by atoms with van der Waals surface area (Å²) in [4.78, 5) is 141. The van der Waals surface area contributed by atoms with Gasteiger partial charge in [-0.1, -0.05) is 18.7 Å². The number of ether oxygens (including phenoxy) is 4. The maximum atomic E-state index is 12.6. The predicted octanol–water partition coefficient (Wildman–Crippen LogP) is 5.14. The number of hydrogen-bond donors (Lipinski definition) is 0. The second kappa shape index (κ2) is 44.6. The third-order valence-corrected chi connectivity index (χ3v) is 19.4. The van der Waals surface area contributed by atoms with Crippen LogP contribution in [-0.2, 0) is 72.1 Å². The van der Waals surface area contributed by atoms with Crippen molar-refractivity contribution in [3.63, 3.8) is 0 Å². The van der Waals surface area contributed by atoms with Crippen LogP contribution in [0.5, 0.6) is 0 Å². The molecular formula is C63H111FN10O18S2. The van der Waals surface area contributed by atoms with Crippen LogP contribution in [0, 0.1) is 5.92 Å². The summed E-state index contributed by atoms with van der Waals surface area (Å²) < 4.78 is 54.4. The summed E-state index contributed by atoms with van der Waals surface area (Å²) in [7, 11) is 10.8. The van der Waals surface area contributed by atoms with E-state index in [0.717, 1.165) is 88.5 Å². The fraction of sp³-hybridized carbons (Fsp3) is 0.810. The number of thioether (sulfide) groups is 1. The SMILES string of the molecule is CC(=O)C1CCCN1C.CC(=O)N1CC(F)CC1C.CC(=O)N1CCCC1C.CC1CCC(=O)O1.CC1CCCO1.CC1CCOC1=O.CN1C(=O)CCC1=O.CN1CC(=O)N(C)C1=O.CN1CCCC1=O.CN1CCCS1(=O)=O.CN1CCOC1=O.CN1CCSC1=O. The molecule has 0 N–H and O–H groups in total. The zero-order valence-electron chi connectivity index (χ0n) is 58.9. The quantitative estimate of drug-likeness (QED) is 0.142. The van der Waals surface area contributed by atoms with Crippen LogP contribution < -0.4 is 0 Å². The molecule has 7 atom stereocenters. The van der Waals surface area contributed by atoms with Crippen molar-refractivity contribution in [2.45, 2.75) is 188 Å². The van der Waals surface area contributed by atoms with E-state index in [1.54, 1.807) is 54.6 Å². The van der Waals surface area contributed by atoms with Crippen molar-refractivity contribution >= 4 is 92.3 Å². The predicted molar refractivity (Wildman–Crippen MR) is 353 cm³/mol. The number of carbonyl (C=O) groups excluding carboxylic acids is 12. The van der Waals surface area contributed by atoms with E-state index in [4.69, 9.17) is 9.47 Å². The summed E-state index contributed by atoms with van der Waals surface area (Å²) in [6, 6.07) is 0.583. The molecule has 540 valence electrons. The molecule has 7 unspecified atom stereocenters. The Labute approximate surface area is 561 Å². The molecule has 12 aliphatic rings. The van der Waals surface area contributed by atoms with E-state index in [9.17, 15) is 70.3 Å². The maximum absolute atomic E-state index is 12.6. The molecule has 12 fully saturated rings. The second-order valence-corrected chi connectivity index (χ2v) is 28.0. The molecule has 12 heterocycles. The van der Waals surface area contributed by atoms with Crippen molar-refractivity contribution in [1.29, 1.82) is 0 Å². The third-order valence-electron chi connectivity index (χ3n) is 16.6. The van der Waals surface area contributed by atoms with Crippen molar-refractivity contribution in [3.8, 4) is 0 Å². The number of halogens is 1. The number of Topliss-reactive ketones (excluding diaryl/α,β-unsaturated/α-hetero) is 1.